The summed E-state index contributed by atoms with van der Waals surface area (Å²) >= 11 is 1.28. The quantitative estimate of drug-likeness (QED) is 0.801. The minimum atomic E-state index is -0.324. The van der Waals surface area contributed by atoms with Gasteiger partial charge in [0.05, 0.1) is 30.7 Å². The number of hydrogen-bond acceptors (Lipinski definition) is 6. The standard InChI is InChI=1S/C14H14FN5OS/c15-11-2-1-3-12(10-11)20-13(19-5-7-21-8-6-19)17-18-14(20)22-9-4-16/h1-3,10H,5-9H2. The molecule has 0 radical (unpaired) electrons. The highest BCUT2D eigenvalue weighted by atomic mass is 32.2. The van der Waals surface area contributed by atoms with Crippen molar-refractivity contribution in [2.45, 2.75) is 5.16 Å². The highest BCUT2D eigenvalue weighted by Gasteiger charge is 2.21. The second kappa shape index (κ2) is 6.77. The van der Waals surface area contributed by atoms with Crippen molar-refractivity contribution in [1.82, 2.24) is 14.8 Å². The number of morpholine rings is 1. The summed E-state index contributed by atoms with van der Waals surface area (Å²) in [5, 5.41) is 17.7. The number of halogens is 1. The van der Waals surface area contributed by atoms with Crippen molar-refractivity contribution >= 4 is 17.7 Å². The largest absolute Gasteiger partial charge is 0.378 e. The summed E-state index contributed by atoms with van der Waals surface area (Å²) in [6.07, 6.45) is 0. The monoisotopic (exact) mass is 319 g/mol. The van der Waals surface area contributed by atoms with E-state index in [2.05, 4.69) is 21.2 Å². The first kappa shape index (κ1) is 14.8. The van der Waals surface area contributed by atoms with Gasteiger partial charge >= 0.3 is 0 Å². The zero-order valence-corrected chi connectivity index (χ0v) is 12.6. The zero-order chi connectivity index (χ0) is 15.4. The van der Waals surface area contributed by atoms with Crippen LogP contribution in [0.2, 0.25) is 0 Å². The van der Waals surface area contributed by atoms with Crippen LogP contribution in [0.25, 0.3) is 5.69 Å². The number of ether oxygens (including phenoxy) is 1. The molecule has 3 rings (SSSR count). The van der Waals surface area contributed by atoms with Gasteiger partial charge in [0.2, 0.25) is 5.95 Å². The van der Waals surface area contributed by atoms with Crippen LogP contribution in [0.1, 0.15) is 0 Å². The van der Waals surface area contributed by atoms with Crippen LogP contribution < -0.4 is 4.90 Å². The molecule has 1 aliphatic heterocycles. The maximum atomic E-state index is 13.6. The van der Waals surface area contributed by atoms with Gasteiger partial charge in [-0.2, -0.15) is 5.26 Å². The van der Waals surface area contributed by atoms with Crippen LogP contribution in [0.4, 0.5) is 10.3 Å². The highest BCUT2D eigenvalue weighted by Crippen LogP contribution is 2.27. The number of anilines is 1. The third kappa shape index (κ3) is 3.05. The van der Waals surface area contributed by atoms with Crippen LogP contribution in [0.15, 0.2) is 29.4 Å². The third-order valence-corrected chi connectivity index (χ3v) is 4.04. The van der Waals surface area contributed by atoms with Gasteiger partial charge in [0.1, 0.15) is 5.82 Å². The van der Waals surface area contributed by atoms with Crippen LogP contribution in [0, 0.1) is 17.1 Å². The molecule has 1 aromatic heterocycles. The van der Waals surface area contributed by atoms with Crippen molar-refractivity contribution in [2.75, 3.05) is 37.0 Å². The van der Waals surface area contributed by atoms with E-state index in [9.17, 15) is 4.39 Å². The van der Waals surface area contributed by atoms with Crippen LogP contribution in [-0.4, -0.2) is 46.8 Å². The smallest absolute Gasteiger partial charge is 0.232 e. The normalized spacial score (nSPS) is 14.8. The van der Waals surface area contributed by atoms with Gasteiger partial charge in [-0.1, -0.05) is 17.8 Å². The van der Waals surface area contributed by atoms with Gasteiger partial charge in [-0.25, -0.2) is 4.39 Å². The minimum Gasteiger partial charge on any atom is -0.378 e. The molecule has 0 atom stereocenters. The summed E-state index contributed by atoms with van der Waals surface area (Å²) in [6.45, 7) is 2.65. The Morgan fingerprint density at radius 1 is 1.32 bits per heavy atom. The molecule has 1 aromatic carbocycles. The molecule has 0 N–H and O–H groups in total. The lowest BCUT2D eigenvalue weighted by molar-refractivity contribution is 0.122. The number of benzene rings is 1. The molecule has 2 aromatic rings. The molecule has 1 saturated heterocycles. The van der Waals surface area contributed by atoms with Gasteiger partial charge in [-0.15, -0.1) is 10.2 Å². The predicted molar refractivity (Wildman–Crippen MR) is 80.7 cm³/mol. The maximum Gasteiger partial charge on any atom is 0.232 e. The molecule has 114 valence electrons. The Balaban J connectivity index is 2.02. The van der Waals surface area contributed by atoms with E-state index in [1.807, 2.05) is 0 Å². The van der Waals surface area contributed by atoms with Crippen LogP contribution in [0.3, 0.4) is 0 Å². The molecule has 22 heavy (non-hydrogen) atoms. The number of nitrogens with zero attached hydrogens (tertiary/aromatic N) is 5. The molecule has 0 spiro atoms. The summed E-state index contributed by atoms with van der Waals surface area (Å²) < 4.78 is 20.7. The number of rotatable bonds is 4. The SMILES string of the molecule is N#CCSc1nnc(N2CCOCC2)n1-c1cccc(F)c1. The van der Waals surface area contributed by atoms with E-state index >= 15 is 0 Å². The van der Waals surface area contributed by atoms with Gasteiger partial charge in [0, 0.05) is 13.1 Å². The summed E-state index contributed by atoms with van der Waals surface area (Å²) in [5.41, 5.74) is 0.645. The first-order valence-corrected chi connectivity index (χ1v) is 7.82. The molecule has 8 heteroatoms. The Kier molecular flexibility index (Phi) is 4.56. The Morgan fingerprint density at radius 3 is 2.86 bits per heavy atom. The molecule has 1 aliphatic rings. The lowest BCUT2D eigenvalue weighted by Crippen LogP contribution is -2.37. The molecule has 1 fully saturated rings. The fraction of sp³-hybridized carbons (Fsp3) is 0.357. The summed E-state index contributed by atoms with van der Waals surface area (Å²) in [7, 11) is 0. The van der Waals surface area contributed by atoms with Crippen LogP contribution in [0.5, 0.6) is 0 Å². The number of thioether (sulfide) groups is 1. The zero-order valence-electron chi connectivity index (χ0n) is 11.8. The van der Waals surface area contributed by atoms with Crippen molar-refractivity contribution in [2.24, 2.45) is 0 Å². The van der Waals surface area contributed by atoms with E-state index in [0.29, 0.717) is 43.1 Å². The molecule has 6 nitrogen and oxygen atoms in total. The van der Waals surface area contributed by atoms with E-state index in [1.54, 1.807) is 16.7 Å². The Labute approximate surface area is 131 Å². The summed E-state index contributed by atoms with van der Waals surface area (Å²) in [5.74, 6) is 0.584. The van der Waals surface area contributed by atoms with Gasteiger partial charge in [0.25, 0.3) is 0 Å². The first-order valence-electron chi connectivity index (χ1n) is 6.83. The van der Waals surface area contributed by atoms with Crippen molar-refractivity contribution in [3.05, 3.63) is 30.1 Å². The molecule has 0 bridgehead atoms. The Bertz CT molecular complexity index is 693. The minimum absolute atomic E-state index is 0.260. The van der Waals surface area contributed by atoms with Crippen LogP contribution >= 0.6 is 11.8 Å². The molecule has 0 saturated carbocycles. The molecule has 0 aliphatic carbocycles. The molecule has 0 unspecified atom stereocenters. The molecular weight excluding hydrogens is 305 g/mol. The van der Waals surface area contributed by atoms with E-state index in [1.165, 1.54) is 23.9 Å². The second-order valence-electron chi connectivity index (χ2n) is 4.64. The second-order valence-corrected chi connectivity index (χ2v) is 5.59. The number of nitriles is 1. The van der Waals surface area contributed by atoms with E-state index in [4.69, 9.17) is 10.00 Å². The average molecular weight is 319 g/mol. The van der Waals surface area contributed by atoms with Gasteiger partial charge in [-0.3, -0.25) is 4.57 Å². The maximum absolute atomic E-state index is 13.6. The highest BCUT2D eigenvalue weighted by molar-refractivity contribution is 7.99. The fourth-order valence-corrected chi connectivity index (χ4v) is 2.87. The van der Waals surface area contributed by atoms with E-state index < -0.39 is 0 Å². The number of aromatic nitrogens is 3. The van der Waals surface area contributed by atoms with Crippen molar-refractivity contribution in [3.8, 4) is 11.8 Å². The Morgan fingerprint density at radius 2 is 2.14 bits per heavy atom. The van der Waals surface area contributed by atoms with Gasteiger partial charge < -0.3 is 9.64 Å². The topological polar surface area (TPSA) is 67.0 Å². The van der Waals surface area contributed by atoms with Crippen molar-refractivity contribution in [3.63, 3.8) is 0 Å². The summed E-state index contributed by atoms with van der Waals surface area (Å²) in [4.78, 5) is 2.05. The number of hydrogen-bond donors (Lipinski definition) is 0. The van der Waals surface area contributed by atoms with Crippen molar-refractivity contribution < 1.29 is 9.13 Å². The average Bonchev–Trinajstić information content (AvgIpc) is 2.97. The fourth-order valence-electron chi connectivity index (χ4n) is 2.26. The van der Waals surface area contributed by atoms with E-state index in [0.717, 1.165) is 0 Å². The third-order valence-electron chi connectivity index (χ3n) is 3.24. The van der Waals surface area contributed by atoms with Gasteiger partial charge in [0.15, 0.2) is 5.16 Å². The van der Waals surface area contributed by atoms with E-state index in [-0.39, 0.29) is 11.6 Å². The Hall–Kier alpha value is -2.11. The predicted octanol–water partition coefficient (Wildman–Crippen LogP) is 1.86. The lowest BCUT2D eigenvalue weighted by Gasteiger charge is -2.27. The molecule has 0 amide bonds. The lowest BCUT2D eigenvalue weighted by atomic mass is 10.3. The van der Waals surface area contributed by atoms with Gasteiger partial charge in [-0.05, 0) is 18.2 Å². The first-order chi connectivity index (χ1) is 10.8. The van der Waals surface area contributed by atoms with Crippen molar-refractivity contribution in [1.29, 1.82) is 5.26 Å². The van der Waals surface area contributed by atoms with Crippen LogP contribution in [-0.2, 0) is 4.74 Å². The molecular formula is C14H14FN5OS. The molecule has 2 heterocycles. The summed E-state index contributed by atoms with van der Waals surface area (Å²) in [6, 6.07) is 8.34.